The van der Waals surface area contributed by atoms with Crippen molar-refractivity contribution in [1.29, 1.82) is 0 Å². The van der Waals surface area contributed by atoms with Gasteiger partial charge in [-0.1, -0.05) is 18.2 Å². The van der Waals surface area contributed by atoms with Crippen LogP contribution in [-0.4, -0.2) is 6.61 Å². The van der Waals surface area contributed by atoms with Crippen LogP contribution in [0, 0.1) is 0 Å². The molecule has 3 heteroatoms. The van der Waals surface area contributed by atoms with E-state index in [1.807, 2.05) is 31.2 Å². The molecule has 0 aromatic heterocycles. The summed E-state index contributed by atoms with van der Waals surface area (Å²) < 4.78 is 5.39. The second kappa shape index (κ2) is 2.96. The summed E-state index contributed by atoms with van der Waals surface area (Å²) in [6.07, 6.45) is 0. The van der Waals surface area contributed by atoms with Gasteiger partial charge in [-0.3, -0.25) is 0 Å². The third-order valence-corrected chi connectivity index (χ3v) is 2.03. The summed E-state index contributed by atoms with van der Waals surface area (Å²) in [6, 6.07) is 7.91. The standard InChI is InChI=1S/C9H11NO.ClH/c1-9(10)6-11-8-5-3-2-4-7(8)9;/h2-5H,6,10H2,1H3;1H. The largest absolute Gasteiger partial charge is 0.491 e. The van der Waals surface area contributed by atoms with Gasteiger partial charge >= 0.3 is 0 Å². The Hall–Kier alpha value is -0.730. The monoisotopic (exact) mass is 185 g/mol. The Balaban J connectivity index is 0.000000720. The first kappa shape index (κ1) is 9.36. The molecule has 1 aliphatic heterocycles. The number of ether oxygens (including phenoxy) is 1. The lowest BCUT2D eigenvalue weighted by Crippen LogP contribution is -2.34. The molecule has 0 fully saturated rings. The van der Waals surface area contributed by atoms with Gasteiger partial charge in [0.2, 0.25) is 0 Å². The first-order valence-electron chi connectivity index (χ1n) is 3.71. The molecule has 2 rings (SSSR count). The minimum atomic E-state index is -0.295. The summed E-state index contributed by atoms with van der Waals surface area (Å²) in [6.45, 7) is 2.57. The third-order valence-electron chi connectivity index (χ3n) is 2.03. The number of hydrogen-bond acceptors (Lipinski definition) is 2. The Morgan fingerprint density at radius 1 is 1.42 bits per heavy atom. The normalized spacial score (nSPS) is 25.5. The smallest absolute Gasteiger partial charge is 0.124 e. The molecule has 66 valence electrons. The molecule has 1 aliphatic rings. The summed E-state index contributed by atoms with van der Waals surface area (Å²) in [5.41, 5.74) is 6.78. The van der Waals surface area contributed by atoms with Gasteiger partial charge in [-0.25, -0.2) is 0 Å². The van der Waals surface area contributed by atoms with E-state index in [9.17, 15) is 0 Å². The SMILES string of the molecule is CC1(N)COc2ccccc21.Cl. The lowest BCUT2D eigenvalue weighted by molar-refractivity contribution is 0.283. The van der Waals surface area contributed by atoms with Gasteiger partial charge in [-0.05, 0) is 13.0 Å². The summed E-state index contributed by atoms with van der Waals surface area (Å²) in [5.74, 6) is 0.928. The van der Waals surface area contributed by atoms with Gasteiger partial charge in [-0.15, -0.1) is 12.4 Å². The number of hydrogen-bond donors (Lipinski definition) is 1. The zero-order chi connectivity index (χ0) is 7.90. The molecule has 0 bridgehead atoms. The van der Waals surface area contributed by atoms with Crippen LogP contribution in [0.3, 0.4) is 0 Å². The Morgan fingerprint density at radius 3 is 2.75 bits per heavy atom. The molecule has 0 saturated heterocycles. The Labute approximate surface area is 78.1 Å². The maximum atomic E-state index is 5.96. The molecule has 0 aliphatic carbocycles. The van der Waals surface area contributed by atoms with Gasteiger partial charge in [0.25, 0.3) is 0 Å². The first-order valence-corrected chi connectivity index (χ1v) is 3.71. The van der Waals surface area contributed by atoms with Crippen molar-refractivity contribution in [2.75, 3.05) is 6.61 Å². The van der Waals surface area contributed by atoms with Crippen molar-refractivity contribution in [3.63, 3.8) is 0 Å². The Bertz CT molecular complexity index is 286. The van der Waals surface area contributed by atoms with Crippen molar-refractivity contribution >= 4 is 12.4 Å². The fourth-order valence-corrected chi connectivity index (χ4v) is 1.37. The van der Waals surface area contributed by atoms with Crippen molar-refractivity contribution in [3.05, 3.63) is 29.8 Å². The van der Waals surface area contributed by atoms with Gasteiger partial charge in [-0.2, -0.15) is 0 Å². The number of nitrogens with two attached hydrogens (primary N) is 1. The summed E-state index contributed by atoms with van der Waals surface area (Å²) in [5, 5.41) is 0. The second-order valence-corrected chi connectivity index (χ2v) is 3.20. The topological polar surface area (TPSA) is 35.2 Å². The molecule has 2 N–H and O–H groups in total. The van der Waals surface area contributed by atoms with Crippen molar-refractivity contribution in [2.45, 2.75) is 12.5 Å². The molecular formula is C9H12ClNO. The lowest BCUT2D eigenvalue weighted by Gasteiger charge is -2.14. The van der Waals surface area contributed by atoms with Crippen molar-refractivity contribution < 1.29 is 4.74 Å². The van der Waals surface area contributed by atoms with Gasteiger partial charge in [0.1, 0.15) is 12.4 Å². The van der Waals surface area contributed by atoms with Crippen LogP contribution >= 0.6 is 12.4 Å². The maximum absolute atomic E-state index is 5.96. The van der Waals surface area contributed by atoms with E-state index in [0.29, 0.717) is 6.61 Å². The molecule has 0 radical (unpaired) electrons. The quantitative estimate of drug-likeness (QED) is 0.668. The highest BCUT2D eigenvalue weighted by Crippen LogP contribution is 2.34. The van der Waals surface area contributed by atoms with E-state index in [0.717, 1.165) is 11.3 Å². The molecular weight excluding hydrogens is 174 g/mol. The minimum absolute atomic E-state index is 0. The molecule has 2 nitrogen and oxygen atoms in total. The number of halogens is 1. The molecule has 0 amide bonds. The molecule has 12 heavy (non-hydrogen) atoms. The fraction of sp³-hybridized carbons (Fsp3) is 0.333. The van der Waals surface area contributed by atoms with Crippen molar-refractivity contribution in [2.24, 2.45) is 5.73 Å². The number of para-hydroxylation sites is 1. The van der Waals surface area contributed by atoms with E-state index in [4.69, 9.17) is 10.5 Å². The summed E-state index contributed by atoms with van der Waals surface area (Å²) in [4.78, 5) is 0. The van der Waals surface area contributed by atoms with Crippen LogP contribution in [0.4, 0.5) is 0 Å². The van der Waals surface area contributed by atoms with E-state index in [1.54, 1.807) is 0 Å². The molecule has 1 unspecified atom stereocenters. The highest BCUT2D eigenvalue weighted by Gasteiger charge is 2.31. The summed E-state index contributed by atoms with van der Waals surface area (Å²) >= 11 is 0. The summed E-state index contributed by atoms with van der Waals surface area (Å²) in [7, 11) is 0. The van der Waals surface area contributed by atoms with Crippen LogP contribution < -0.4 is 10.5 Å². The number of rotatable bonds is 0. The predicted molar refractivity (Wildman–Crippen MR) is 50.7 cm³/mol. The van der Waals surface area contributed by atoms with Crippen LogP contribution in [0.25, 0.3) is 0 Å². The van der Waals surface area contributed by atoms with Crippen LogP contribution in [-0.2, 0) is 5.54 Å². The molecule has 0 spiro atoms. The van der Waals surface area contributed by atoms with Crippen molar-refractivity contribution in [1.82, 2.24) is 0 Å². The molecule has 1 atom stereocenters. The van der Waals surface area contributed by atoms with E-state index in [1.165, 1.54) is 0 Å². The maximum Gasteiger partial charge on any atom is 0.124 e. The molecule has 1 aromatic rings. The van der Waals surface area contributed by atoms with E-state index >= 15 is 0 Å². The fourth-order valence-electron chi connectivity index (χ4n) is 1.37. The molecule has 1 aromatic carbocycles. The lowest BCUT2D eigenvalue weighted by atomic mass is 9.96. The van der Waals surface area contributed by atoms with Gasteiger partial charge in [0.05, 0.1) is 5.54 Å². The Kier molecular flexibility index (Phi) is 2.31. The van der Waals surface area contributed by atoms with Crippen LogP contribution in [0.15, 0.2) is 24.3 Å². The zero-order valence-corrected chi connectivity index (χ0v) is 7.73. The van der Waals surface area contributed by atoms with Gasteiger partial charge < -0.3 is 10.5 Å². The van der Waals surface area contributed by atoms with E-state index < -0.39 is 0 Å². The van der Waals surface area contributed by atoms with Gasteiger partial charge in [0, 0.05) is 5.56 Å². The van der Waals surface area contributed by atoms with Crippen LogP contribution in [0.2, 0.25) is 0 Å². The van der Waals surface area contributed by atoms with Crippen LogP contribution in [0.5, 0.6) is 5.75 Å². The Morgan fingerprint density at radius 2 is 2.08 bits per heavy atom. The highest BCUT2D eigenvalue weighted by atomic mass is 35.5. The second-order valence-electron chi connectivity index (χ2n) is 3.20. The van der Waals surface area contributed by atoms with Crippen LogP contribution in [0.1, 0.15) is 12.5 Å². The third kappa shape index (κ3) is 1.28. The van der Waals surface area contributed by atoms with Gasteiger partial charge in [0.15, 0.2) is 0 Å². The average molecular weight is 186 g/mol. The minimum Gasteiger partial charge on any atom is -0.491 e. The molecule has 1 heterocycles. The first-order chi connectivity index (χ1) is 5.20. The average Bonchev–Trinajstić information content (AvgIpc) is 2.29. The van der Waals surface area contributed by atoms with E-state index in [-0.39, 0.29) is 17.9 Å². The number of fused-ring (bicyclic) bond motifs is 1. The van der Waals surface area contributed by atoms with Crippen molar-refractivity contribution in [3.8, 4) is 5.75 Å². The highest BCUT2D eigenvalue weighted by molar-refractivity contribution is 5.85. The number of benzene rings is 1. The van der Waals surface area contributed by atoms with E-state index in [2.05, 4.69) is 0 Å². The predicted octanol–water partition coefficient (Wildman–Crippen LogP) is 1.67. The molecule has 0 saturated carbocycles. The zero-order valence-electron chi connectivity index (χ0n) is 6.91.